The van der Waals surface area contributed by atoms with Crippen LogP contribution >= 0.6 is 11.6 Å². The number of amides is 1. The van der Waals surface area contributed by atoms with Crippen LogP contribution < -0.4 is 10.0 Å². The Hall–Kier alpha value is -2.05. The van der Waals surface area contributed by atoms with Gasteiger partial charge in [0.1, 0.15) is 0 Å². The van der Waals surface area contributed by atoms with Crippen LogP contribution in [-0.2, 0) is 15.4 Å². The topological polar surface area (TPSA) is 75.3 Å². The lowest BCUT2D eigenvalue weighted by molar-refractivity contribution is 0.0949. The van der Waals surface area contributed by atoms with Crippen molar-refractivity contribution < 1.29 is 13.2 Å². The fourth-order valence-corrected chi connectivity index (χ4v) is 3.60. The van der Waals surface area contributed by atoms with Crippen LogP contribution in [0.2, 0.25) is 5.02 Å². The summed E-state index contributed by atoms with van der Waals surface area (Å²) in [4.78, 5) is 12.4. The molecule has 1 aliphatic rings. The second-order valence-electron chi connectivity index (χ2n) is 6.40. The van der Waals surface area contributed by atoms with Crippen molar-refractivity contribution >= 4 is 33.2 Å². The van der Waals surface area contributed by atoms with Gasteiger partial charge in [0.15, 0.2) is 0 Å². The summed E-state index contributed by atoms with van der Waals surface area (Å²) < 4.78 is 25.1. The monoisotopic (exact) mass is 378 g/mol. The van der Waals surface area contributed by atoms with Gasteiger partial charge in [-0.2, -0.15) is 0 Å². The van der Waals surface area contributed by atoms with E-state index in [1.54, 1.807) is 6.07 Å². The second kappa shape index (κ2) is 6.69. The molecule has 0 unspecified atom stereocenters. The number of benzene rings is 2. The zero-order valence-corrected chi connectivity index (χ0v) is 15.3. The second-order valence-corrected chi connectivity index (χ2v) is 8.55. The molecule has 1 saturated carbocycles. The lowest BCUT2D eigenvalue weighted by atomic mass is 9.96. The summed E-state index contributed by atoms with van der Waals surface area (Å²) in [5.41, 5.74) is 1.79. The van der Waals surface area contributed by atoms with Gasteiger partial charge in [-0.25, -0.2) is 8.42 Å². The number of halogens is 1. The van der Waals surface area contributed by atoms with Gasteiger partial charge in [0.25, 0.3) is 5.91 Å². The van der Waals surface area contributed by atoms with Crippen LogP contribution in [0.15, 0.2) is 48.5 Å². The van der Waals surface area contributed by atoms with E-state index in [4.69, 9.17) is 11.6 Å². The van der Waals surface area contributed by atoms with Crippen LogP contribution in [0.5, 0.6) is 0 Å². The van der Waals surface area contributed by atoms with Crippen LogP contribution in [0.25, 0.3) is 0 Å². The average molecular weight is 379 g/mol. The van der Waals surface area contributed by atoms with Gasteiger partial charge in [0, 0.05) is 17.5 Å². The standard InChI is InChI=1S/C18H19ClN2O3S/c1-25(23,24)21-16-11-13(7-8-15(16)19)17(22)20-12-18(9-10-18)14-5-3-2-4-6-14/h2-8,11,21H,9-10,12H2,1H3,(H,20,22). The smallest absolute Gasteiger partial charge is 0.251 e. The Labute approximate surface area is 152 Å². The molecule has 132 valence electrons. The number of sulfonamides is 1. The molecule has 0 radical (unpaired) electrons. The van der Waals surface area contributed by atoms with E-state index >= 15 is 0 Å². The first kappa shape index (κ1) is 17.8. The third kappa shape index (κ3) is 4.32. The molecule has 0 spiro atoms. The van der Waals surface area contributed by atoms with Crippen molar-refractivity contribution in [3.63, 3.8) is 0 Å². The zero-order chi connectivity index (χ0) is 18.1. The fraction of sp³-hybridized carbons (Fsp3) is 0.278. The summed E-state index contributed by atoms with van der Waals surface area (Å²) in [6, 6.07) is 14.7. The quantitative estimate of drug-likeness (QED) is 0.810. The highest BCUT2D eigenvalue weighted by molar-refractivity contribution is 7.92. The van der Waals surface area contributed by atoms with Gasteiger partial charge in [0.05, 0.1) is 17.0 Å². The van der Waals surface area contributed by atoms with Crippen molar-refractivity contribution in [1.29, 1.82) is 0 Å². The third-order valence-electron chi connectivity index (χ3n) is 4.35. The number of rotatable bonds is 6. The summed E-state index contributed by atoms with van der Waals surface area (Å²) >= 11 is 5.99. The van der Waals surface area contributed by atoms with Crippen LogP contribution in [0.1, 0.15) is 28.8 Å². The van der Waals surface area contributed by atoms with Crippen LogP contribution in [0, 0.1) is 0 Å². The predicted octanol–water partition coefficient (Wildman–Crippen LogP) is 3.17. The molecule has 0 aromatic heterocycles. The maximum Gasteiger partial charge on any atom is 0.251 e. The summed E-state index contributed by atoms with van der Waals surface area (Å²) in [7, 11) is -3.47. The Kier molecular flexibility index (Phi) is 4.75. The summed E-state index contributed by atoms with van der Waals surface area (Å²) in [6.07, 6.45) is 3.12. The van der Waals surface area contributed by atoms with Gasteiger partial charge in [0.2, 0.25) is 10.0 Å². The summed E-state index contributed by atoms with van der Waals surface area (Å²) in [6.45, 7) is 0.549. The first-order chi connectivity index (χ1) is 11.8. The number of anilines is 1. The van der Waals surface area contributed by atoms with Gasteiger partial charge in [-0.15, -0.1) is 0 Å². The molecule has 0 aliphatic heterocycles. The van der Waals surface area contributed by atoms with Gasteiger partial charge >= 0.3 is 0 Å². The molecule has 1 fully saturated rings. The Bertz CT molecular complexity index is 894. The molecule has 5 nitrogen and oxygen atoms in total. The number of carbonyl (C=O) groups excluding carboxylic acids is 1. The van der Waals surface area contributed by atoms with Crippen LogP contribution in [0.4, 0.5) is 5.69 Å². The van der Waals surface area contributed by atoms with E-state index in [-0.39, 0.29) is 22.0 Å². The minimum atomic E-state index is -3.47. The molecule has 1 aliphatic carbocycles. The molecular weight excluding hydrogens is 360 g/mol. The Morgan fingerprint density at radius 1 is 1.16 bits per heavy atom. The molecule has 0 atom stereocenters. The van der Waals surface area contributed by atoms with E-state index in [0.29, 0.717) is 12.1 Å². The highest BCUT2D eigenvalue weighted by Crippen LogP contribution is 2.47. The minimum absolute atomic E-state index is 0.0111. The lowest BCUT2D eigenvalue weighted by Crippen LogP contribution is -2.32. The van der Waals surface area contributed by atoms with Gasteiger partial charge < -0.3 is 5.32 Å². The molecule has 7 heteroatoms. The van der Waals surface area contributed by atoms with E-state index in [1.807, 2.05) is 18.2 Å². The van der Waals surface area contributed by atoms with E-state index in [1.165, 1.54) is 17.7 Å². The van der Waals surface area contributed by atoms with Crippen molar-refractivity contribution in [2.24, 2.45) is 0 Å². The molecule has 2 N–H and O–H groups in total. The highest BCUT2D eigenvalue weighted by atomic mass is 35.5. The highest BCUT2D eigenvalue weighted by Gasteiger charge is 2.44. The molecule has 1 amide bonds. The largest absolute Gasteiger partial charge is 0.351 e. The van der Waals surface area contributed by atoms with Crippen molar-refractivity contribution in [2.45, 2.75) is 18.3 Å². The van der Waals surface area contributed by atoms with E-state index in [2.05, 4.69) is 22.2 Å². The van der Waals surface area contributed by atoms with E-state index in [0.717, 1.165) is 19.1 Å². The fourth-order valence-electron chi connectivity index (χ4n) is 2.81. The normalized spacial score (nSPS) is 15.4. The predicted molar refractivity (Wildman–Crippen MR) is 99.6 cm³/mol. The van der Waals surface area contributed by atoms with E-state index < -0.39 is 10.0 Å². The number of nitrogens with one attached hydrogen (secondary N) is 2. The number of hydrogen-bond acceptors (Lipinski definition) is 3. The maximum absolute atomic E-state index is 12.4. The van der Waals surface area contributed by atoms with Crippen molar-refractivity contribution in [3.8, 4) is 0 Å². The molecule has 0 saturated heterocycles. The molecule has 2 aromatic rings. The Morgan fingerprint density at radius 2 is 1.84 bits per heavy atom. The van der Waals surface area contributed by atoms with Crippen molar-refractivity contribution in [3.05, 3.63) is 64.7 Å². The molecule has 2 aromatic carbocycles. The molecule has 3 rings (SSSR count). The maximum atomic E-state index is 12.4. The summed E-state index contributed by atoms with van der Waals surface area (Å²) in [5.74, 6) is -0.254. The first-order valence-electron chi connectivity index (χ1n) is 7.90. The number of carbonyl (C=O) groups is 1. The van der Waals surface area contributed by atoms with Gasteiger partial charge in [-0.1, -0.05) is 41.9 Å². The van der Waals surface area contributed by atoms with Crippen LogP contribution in [0.3, 0.4) is 0 Å². The SMILES string of the molecule is CS(=O)(=O)Nc1cc(C(=O)NCC2(c3ccccc3)CC2)ccc1Cl. The lowest BCUT2D eigenvalue weighted by Gasteiger charge is -2.17. The van der Waals surface area contributed by atoms with Gasteiger partial charge in [-0.3, -0.25) is 9.52 Å². The van der Waals surface area contributed by atoms with Crippen molar-refractivity contribution in [1.82, 2.24) is 5.32 Å². The molecule has 0 heterocycles. The van der Waals surface area contributed by atoms with Crippen molar-refractivity contribution in [2.75, 3.05) is 17.5 Å². The molecular formula is C18H19ClN2O3S. The first-order valence-corrected chi connectivity index (χ1v) is 10.2. The van der Waals surface area contributed by atoms with Gasteiger partial charge in [-0.05, 0) is 36.6 Å². The number of hydrogen-bond donors (Lipinski definition) is 2. The van der Waals surface area contributed by atoms with E-state index in [9.17, 15) is 13.2 Å². The summed E-state index contributed by atoms with van der Waals surface area (Å²) in [5, 5.41) is 3.19. The average Bonchev–Trinajstić information content (AvgIpc) is 3.35. The Morgan fingerprint density at radius 3 is 2.44 bits per heavy atom. The minimum Gasteiger partial charge on any atom is -0.351 e. The molecule has 25 heavy (non-hydrogen) atoms. The zero-order valence-electron chi connectivity index (χ0n) is 13.8. The molecule has 0 bridgehead atoms. The van der Waals surface area contributed by atoms with Crippen LogP contribution in [-0.4, -0.2) is 27.1 Å². The Balaban J connectivity index is 1.71. The third-order valence-corrected chi connectivity index (χ3v) is 5.27.